The van der Waals surface area contributed by atoms with Crippen molar-refractivity contribution in [3.63, 3.8) is 0 Å². The molecular formula is C12H17NO. The molecule has 1 aliphatic rings. The van der Waals surface area contributed by atoms with Gasteiger partial charge in [-0.3, -0.25) is 0 Å². The van der Waals surface area contributed by atoms with E-state index in [-0.39, 0.29) is 6.10 Å². The average Bonchev–Trinajstić information content (AvgIpc) is 2.66. The van der Waals surface area contributed by atoms with Gasteiger partial charge >= 0.3 is 0 Å². The molecule has 1 fully saturated rings. The van der Waals surface area contributed by atoms with E-state index in [0.717, 1.165) is 13.0 Å². The van der Waals surface area contributed by atoms with E-state index in [4.69, 9.17) is 10.5 Å². The van der Waals surface area contributed by atoms with E-state index in [1.165, 1.54) is 11.1 Å². The molecule has 0 radical (unpaired) electrons. The van der Waals surface area contributed by atoms with E-state index >= 15 is 0 Å². The van der Waals surface area contributed by atoms with Crippen molar-refractivity contribution in [3.8, 4) is 0 Å². The van der Waals surface area contributed by atoms with Gasteiger partial charge in [-0.05, 0) is 18.9 Å². The average molecular weight is 191 g/mol. The molecule has 1 heterocycles. The summed E-state index contributed by atoms with van der Waals surface area (Å²) in [6, 6.07) is 8.66. The molecule has 1 aromatic carbocycles. The quantitative estimate of drug-likeness (QED) is 0.774. The van der Waals surface area contributed by atoms with Gasteiger partial charge in [-0.15, -0.1) is 0 Å². The SMILES string of the molecule is Cc1cccc([C@@H]2CO[C@@H](CN)C2)c1. The van der Waals surface area contributed by atoms with Crippen LogP contribution < -0.4 is 5.73 Å². The number of hydrogen-bond donors (Lipinski definition) is 1. The Kier molecular flexibility index (Phi) is 2.85. The Bertz CT molecular complexity index is 311. The second-order valence-electron chi connectivity index (χ2n) is 4.04. The Morgan fingerprint density at radius 1 is 1.50 bits per heavy atom. The van der Waals surface area contributed by atoms with Crippen LogP contribution in [0.4, 0.5) is 0 Å². The highest BCUT2D eigenvalue weighted by atomic mass is 16.5. The molecule has 76 valence electrons. The summed E-state index contributed by atoms with van der Waals surface area (Å²) in [7, 11) is 0. The molecule has 1 saturated heterocycles. The van der Waals surface area contributed by atoms with Gasteiger partial charge in [0.15, 0.2) is 0 Å². The van der Waals surface area contributed by atoms with Crippen molar-refractivity contribution < 1.29 is 4.74 Å². The molecule has 2 rings (SSSR count). The summed E-state index contributed by atoms with van der Waals surface area (Å²) in [6.07, 6.45) is 1.33. The highest BCUT2D eigenvalue weighted by Crippen LogP contribution is 2.29. The third-order valence-electron chi connectivity index (χ3n) is 2.86. The number of aryl methyl sites for hydroxylation is 1. The predicted molar refractivity (Wildman–Crippen MR) is 57.3 cm³/mol. The number of nitrogens with two attached hydrogens (primary N) is 1. The van der Waals surface area contributed by atoms with Gasteiger partial charge in [0, 0.05) is 12.5 Å². The van der Waals surface area contributed by atoms with E-state index in [0.29, 0.717) is 12.5 Å². The molecule has 2 atom stereocenters. The highest BCUT2D eigenvalue weighted by molar-refractivity contribution is 5.26. The van der Waals surface area contributed by atoms with Gasteiger partial charge in [0.1, 0.15) is 0 Å². The normalized spacial score (nSPS) is 26.7. The number of rotatable bonds is 2. The van der Waals surface area contributed by atoms with Crippen LogP contribution in [0.5, 0.6) is 0 Å². The van der Waals surface area contributed by atoms with Gasteiger partial charge in [0.2, 0.25) is 0 Å². The zero-order chi connectivity index (χ0) is 9.97. The van der Waals surface area contributed by atoms with E-state index in [9.17, 15) is 0 Å². The summed E-state index contributed by atoms with van der Waals surface area (Å²) in [4.78, 5) is 0. The van der Waals surface area contributed by atoms with Crippen molar-refractivity contribution in [2.24, 2.45) is 5.73 Å². The first-order valence-electron chi connectivity index (χ1n) is 5.18. The van der Waals surface area contributed by atoms with E-state index < -0.39 is 0 Å². The molecule has 1 aliphatic heterocycles. The van der Waals surface area contributed by atoms with Crippen LogP contribution in [0.15, 0.2) is 24.3 Å². The fourth-order valence-corrected chi connectivity index (χ4v) is 2.03. The Morgan fingerprint density at radius 2 is 2.36 bits per heavy atom. The van der Waals surface area contributed by atoms with E-state index in [1.54, 1.807) is 0 Å². The summed E-state index contributed by atoms with van der Waals surface area (Å²) < 4.78 is 5.58. The van der Waals surface area contributed by atoms with Crippen LogP contribution in [0.3, 0.4) is 0 Å². The first kappa shape index (κ1) is 9.69. The Balaban J connectivity index is 2.09. The summed E-state index contributed by atoms with van der Waals surface area (Å²) in [6.45, 7) is 3.59. The van der Waals surface area contributed by atoms with Crippen molar-refractivity contribution in [2.75, 3.05) is 13.2 Å². The number of ether oxygens (including phenoxy) is 1. The summed E-state index contributed by atoms with van der Waals surface area (Å²) >= 11 is 0. The van der Waals surface area contributed by atoms with Crippen LogP contribution in [0.1, 0.15) is 23.5 Å². The Labute approximate surface area is 85.1 Å². The minimum absolute atomic E-state index is 0.264. The maximum atomic E-state index is 5.58. The Hall–Kier alpha value is -0.860. The Morgan fingerprint density at radius 3 is 3.00 bits per heavy atom. The highest BCUT2D eigenvalue weighted by Gasteiger charge is 2.25. The second kappa shape index (κ2) is 4.11. The minimum Gasteiger partial charge on any atom is -0.376 e. The predicted octanol–water partition coefficient (Wildman–Crippen LogP) is 1.83. The lowest BCUT2D eigenvalue weighted by Crippen LogP contribution is -2.18. The van der Waals surface area contributed by atoms with E-state index in [2.05, 4.69) is 31.2 Å². The molecule has 0 bridgehead atoms. The monoisotopic (exact) mass is 191 g/mol. The van der Waals surface area contributed by atoms with Crippen LogP contribution in [0, 0.1) is 6.92 Å². The van der Waals surface area contributed by atoms with Crippen LogP contribution in [0.2, 0.25) is 0 Å². The van der Waals surface area contributed by atoms with Gasteiger partial charge < -0.3 is 10.5 Å². The minimum atomic E-state index is 0.264. The van der Waals surface area contributed by atoms with Crippen LogP contribution in [0.25, 0.3) is 0 Å². The first-order valence-corrected chi connectivity index (χ1v) is 5.18. The van der Waals surface area contributed by atoms with E-state index in [1.807, 2.05) is 0 Å². The zero-order valence-corrected chi connectivity index (χ0v) is 8.57. The lowest BCUT2D eigenvalue weighted by molar-refractivity contribution is 0.116. The molecule has 0 spiro atoms. The molecule has 0 aromatic heterocycles. The molecular weight excluding hydrogens is 174 g/mol. The molecule has 2 heteroatoms. The zero-order valence-electron chi connectivity index (χ0n) is 8.57. The van der Waals surface area contributed by atoms with Gasteiger partial charge in [0.25, 0.3) is 0 Å². The standard InChI is InChI=1S/C12H17NO/c1-9-3-2-4-10(5-9)11-6-12(7-13)14-8-11/h2-5,11-12H,6-8,13H2,1H3/t11-,12+/m0/s1. The van der Waals surface area contributed by atoms with Crippen molar-refractivity contribution >= 4 is 0 Å². The largest absolute Gasteiger partial charge is 0.376 e. The smallest absolute Gasteiger partial charge is 0.0704 e. The number of benzene rings is 1. The lowest BCUT2D eigenvalue weighted by atomic mass is 9.95. The molecule has 1 aromatic rings. The second-order valence-corrected chi connectivity index (χ2v) is 4.04. The van der Waals surface area contributed by atoms with Crippen molar-refractivity contribution in [3.05, 3.63) is 35.4 Å². The van der Waals surface area contributed by atoms with Gasteiger partial charge in [-0.25, -0.2) is 0 Å². The molecule has 2 N–H and O–H groups in total. The molecule has 2 nitrogen and oxygen atoms in total. The maximum absolute atomic E-state index is 5.58. The maximum Gasteiger partial charge on any atom is 0.0704 e. The third-order valence-corrected chi connectivity index (χ3v) is 2.86. The molecule has 0 amide bonds. The number of hydrogen-bond acceptors (Lipinski definition) is 2. The summed E-state index contributed by atoms with van der Waals surface area (Å²) in [5, 5.41) is 0. The van der Waals surface area contributed by atoms with Crippen molar-refractivity contribution in [1.29, 1.82) is 0 Å². The van der Waals surface area contributed by atoms with Gasteiger partial charge in [0.05, 0.1) is 12.7 Å². The van der Waals surface area contributed by atoms with Gasteiger partial charge in [-0.2, -0.15) is 0 Å². The topological polar surface area (TPSA) is 35.2 Å². The van der Waals surface area contributed by atoms with Gasteiger partial charge in [-0.1, -0.05) is 29.8 Å². The molecule has 0 unspecified atom stereocenters. The first-order chi connectivity index (χ1) is 6.79. The third kappa shape index (κ3) is 1.97. The van der Waals surface area contributed by atoms with Crippen molar-refractivity contribution in [1.82, 2.24) is 0 Å². The summed E-state index contributed by atoms with van der Waals surface area (Å²) in [5.74, 6) is 0.545. The van der Waals surface area contributed by atoms with Crippen LogP contribution in [-0.4, -0.2) is 19.3 Å². The van der Waals surface area contributed by atoms with Crippen LogP contribution >= 0.6 is 0 Å². The molecule has 0 saturated carbocycles. The van der Waals surface area contributed by atoms with Crippen LogP contribution in [-0.2, 0) is 4.74 Å². The fourth-order valence-electron chi connectivity index (χ4n) is 2.03. The van der Waals surface area contributed by atoms with Crippen molar-refractivity contribution in [2.45, 2.75) is 25.4 Å². The molecule has 0 aliphatic carbocycles. The fraction of sp³-hybridized carbons (Fsp3) is 0.500. The molecule has 14 heavy (non-hydrogen) atoms. The lowest BCUT2D eigenvalue weighted by Gasteiger charge is -2.08. The summed E-state index contributed by atoms with van der Waals surface area (Å²) in [5.41, 5.74) is 8.29.